The lowest BCUT2D eigenvalue weighted by Crippen LogP contribution is -2.45. The van der Waals surface area contributed by atoms with Gasteiger partial charge in [-0.1, -0.05) is 54.1 Å². The van der Waals surface area contributed by atoms with E-state index in [2.05, 4.69) is 5.32 Å². The van der Waals surface area contributed by atoms with E-state index in [1.165, 1.54) is 0 Å². The Hall–Kier alpha value is -2.61. The zero-order valence-electron chi connectivity index (χ0n) is 15.4. The predicted molar refractivity (Wildman–Crippen MR) is 113 cm³/mol. The van der Waals surface area contributed by atoms with Crippen LogP contribution in [0.15, 0.2) is 59.5 Å². The lowest BCUT2D eigenvalue weighted by Gasteiger charge is -2.18. The van der Waals surface area contributed by atoms with E-state index in [0.29, 0.717) is 11.4 Å². The molecule has 1 aliphatic heterocycles. The molecule has 8 heteroatoms. The highest BCUT2D eigenvalue weighted by molar-refractivity contribution is 8.18. The number of nitrogens with zero attached hydrogens (tertiary/aromatic N) is 1. The quantitative estimate of drug-likeness (QED) is 0.659. The molecule has 1 heterocycles. The third-order valence-electron chi connectivity index (χ3n) is 4.25. The van der Waals surface area contributed by atoms with E-state index in [1.807, 2.05) is 30.3 Å². The van der Waals surface area contributed by atoms with Crippen LogP contribution in [0.1, 0.15) is 11.1 Å². The SMILES string of the molecule is O=C(CN1C(=O)S/C(=C\c2ccc(Cl)cc2)C1=O)N[C@@H](CO)Cc1ccccc1. The fraction of sp³-hybridized carbons (Fsp3) is 0.190. The number of nitrogens with one attached hydrogen (secondary N) is 1. The summed E-state index contributed by atoms with van der Waals surface area (Å²) in [5.74, 6) is -1.02. The first-order chi connectivity index (χ1) is 14.0. The van der Waals surface area contributed by atoms with Gasteiger partial charge in [0, 0.05) is 5.02 Å². The average molecular weight is 431 g/mol. The highest BCUT2D eigenvalue weighted by Crippen LogP contribution is 2.32. The van der Waals surface area contributed by atoms with Crippen LogP contribution in [0.2, 0.25) is 5.02 Å². The Labute approximate surface area is 177 Å². The fourth-order valence-electron chi connectivity index (χ4n) is 2.82. The van der Waals surface area contributed by atoms with Crippen LogP contribution in [0.5, 0.6) is 0 Å². The van der Waals surface area contributed by atoms with E-state index < -0.39 is 29.6 Å². The normalized spacial score (nSPS) is 16.3. The van der Waals surface area contributed by atoms with Gasteiger partial charge in [-0.25, -0.2) is 0 Å². The third-order valence-corrected chi connectivity index (χ3v) is 5.41. The summed E-state index contributed by atoms with van der Waals surface area (Å²) >= 11 is 6.63. The number of halogens is 1. The summed E-state index contributed by atoms with van der Waals surface area (Å²) in [6, 6.07) is 15.8. The molecule has 0 aromatic heterocycles. The minimum absolute atomic E-state index is 0.244. The van der Waals surface area contributed by atoms with E-state index in [-0.39, 0.29) is 11.5 Å². The topological polar surface area (TPSA) is 86.7 Å². The molecule has 1 atom stereocenters. The maximum absolute atomic E-state index is 12.5. The number of hydrogen-bond acceptors (Lipinski definition) is 5. The maximum Gasteiger partial charge on any atom is 0.294 e. The van der Waals surface area contributed by atoms with Crippen molar-refractivity contribution in [3.8, 4) is 0 Å². The van der Waals surface area contributed by atoms with Crippen molar-refractivity contribution < 1.29 is 19.5 Å². The number of hydrogen-bond donors (Lipinski definition) is 2. The largest absolute Gasteiger partial charge is 0.394 e. The van der Waals surface area contributed by atoms with E-state index in [0.717, 1.165) is 27.8 Å². The second kappa shape index (κ2) is 9.73. The predicted octanol–water partition coefficient (Wildman–Crippen LogP) is 3.10. The van der Waals surface area contributed by atoms with Gasteiger partial charge in [-0.3, -0.25) is 19.3 Å². The lowest BCUT2D eigenvalue weighted by molar-refractivity contribution is -0.129. The summed E-state index contributed by atoms with van der Waals surface area (Å²) in [5, 5.41) is 12.3. The van der Waals surface area contributed by atoms with Crippen molar-refractivity contribution in [3.63, 3.8) is 0 Å². The molecule has 0 bridgehead atoms. The molecule has 1 fully saturated rings. The second-order valence-electron chi connectivity index (χ2n) is 6.46. The highest BCUT2D eigenvalue weighted by atomic mass is 35.5. The Morgan fingerprint density at radius 3 is 2.48 bits per heavy atom. The van der Waals surface area contributed by atoms with Gasteiger partial charge in [0.25, 0.3) is 11.1 Å². The minimum Gasteiger partial charge on any atom is -0.394 e. The number of thioether (sulfide) groups is 1. The van der Waals surface area contributed by atoms with Crippen molar-refractivity contribution in [2.24, 2.45) is 0 Å². The van der Waals surface area contributed by atoms with Gasteiger partial charge in [-0.2, -0.15) is 0 Å². The number of aliphatic hydroxyl groups excluding tert-OH is 1. The molecule has 0 unspecified atom stereocenters. The first kappa shape index (κ1) is 21.1. The van der Waals surface area contributed by atoms with Crippen molar-refractivity contribution >= 4 is 46.5 Å². The van der Waals surface area contributed by atoms with Gasteiger partial charge in [-0.15, -0.1) is 0 Å². The van der Waals surface area contributed by atoms with E-state index in [4.69, 9.17) is 11.6 Å². The monoisotopic (exact) mass is 430 g/mol. The number of benzene rings is 2. The van der Waals surface area contributed by atoms with Crippen LogP contribution < -0.4 is 5.32 Å². The molecule has 0 aliphatic carbocycles. The number of carbonyl (C=O) groups is 3. The molecular weight excluding hydrogens is 412 g/mol. The highest BCUT2D eigenvalue weighted by Gasteiger charge is 2.36. The number of carbonyl (C=O) groups excluding carboxylic acids is 3. The Balaban J connectivity index is 1.61. The molecule has 1 aliphatic rings. The van der Waals surface area contributed by atoms with Crippen molar-refractivity contribution in [2.75, 3.05) is 13.2 Å². The number of rotatable bonds is 7. The van der Waals surface area contributed by atoms with Crippen molar-refractivity contribution in [1.82, 2.24) is 10.2 Å². The van der Waals surface area contributed by atoms with Gasteiger partial charge in [0.15, 0.2) is 0 Å². The standard InChI is InChI=1S/C21H19ClN2O4S/c22-16-8-6-15(7-9-16)11-18-20(27)24(21(28)29-18)12-19(26)23-17(13-25)10-14-4-2-1-3-5-14/h1-9,11,17,25H,10,12-13H2,(H,23,26)/b18-11-/t17-/m1/s1. The van der Waals surface area contributed by atoms with Crippen LogP contribution in [-0.2, 0) is 16.0 Å². The molecule has 150 valence electrons. The maximum atomic E-state index is 12.5. The van der Waals surface area contributed by atoms with Gasteiger partial charge in [0.1, 0.15) is 6.54 Å². The summed E-state index contributed by atoms with van der Waals surface area (Å²) in [6.45, 7) is -0.646. The number of imide groups is 1. The molecule has 3 rings (SSSR count). The summed E-state index contributed by atoms with van der Waals surface area (Å²) in [4.78, 5) is 38.2. The van der Waals surface area contributed by atoms with Crippen LogP contribution in [-0.4, -0.2) is 46.3 Å². The molecule has 0 saturated carbocycles. The van der Waals surface area contributed by atoms with Crippen LogP contribution in [0.25, 0.3) is 6.08 Å². The molecule has 0 spiro atoms. The molecule has 3 amide bonds. The van der Waals surface area contributed by atoms with Gasteiger partial charge in [-0.05, 0) is 47.5 Å². The Bertz CT molecular complexity index is 931. The minimum atomic E-state index is -0.520. The Kier molecular flexibility index (Phi) is 7.09. The fourth-order valence-corrected chi connectivity index (χ4v) is 3.79. The molecule has 2 aromatic carbocycles. The first-order valence-corrected chi connectivity index (χ1v) is 10.1. The van der Waals surface area contributed by atoms with Crippen molar-refractivity contribution in [2.45, 2.75) is 12.5 Å². The first-order valence-electron chi connectivity index (χ1n) is 8.91. The molecule has 0 radical (unpaired) electrons. The molecule has 6 nitrogen and oxygen atoms in total. The zero-order chi connectivity index (χ0) is 20.8. The summed E-state index contributed by atoms with van der Waals surface area (Å²) < 4.78 is 0. The molecule has 1 saturated heterocycles. The summed E-state index contributed by atoms with van der Waals surface area (Å²) in [6.07, 6.45) is 2.03. The zero-order valence-corrected chi connectivity index (χ0v) is 16.9. The van der Waals surface area contributed by atoms with Crippen LogP contribution in [0.4, 0.5) is 4.79 Å². The van der Waals surface area contributed by atoms with E-state index in [9.17, 15) is 19.5 Å². The molecule has 2 aromatic rings. The number of amides is 3. The Morgan fingerprint density at radius 1 is 1.14 bits per heavy atom. The third kappa shape index (κ3) is 5.69. The van der Waals surface area contributed by atoms with Gasteiger partial charge < -0.3 is 10.4 Å². The van der Waals surface area contributed by atoms with E-state index in [1.54, 1.807) is 30.3 Å². The Morgan fingerprint density at radius 2 is 1.83 bits per heavy atom. The van der Waals surface area contributed by atoms with Gasteiger partial charge in [0.2, 0.25) is 5.91 Å². The van der Waals surface area contributed by atoms with Crippen molar-refractivity contribution in [3.05, 3.63) is 75.7 Å². The van der Waals surface area contributed by atoms with Crippen LogP contribution in [0, 0.1) is 0 Å². The summed E-state index contributed by atoms with van der Waals surface area (Å²) in [5.41, 5.74) is 1.69. The number of aliphatic hydroxyl groups is 1. The van der Waals surface area contributed by atoms with E-state index >= 15 is 0 Å². The van der Waals surface area contributed by atoms with Gasteiger partial charge >= 0.3 is 0 Å². The lowest BCUT2D eigenvalue weighted by atomic mass is 10.1. The molecular formula is C21H19ClN2O4S. The van der Waals surface area contributed by atoms with Crippen molar-refractivity contribution in [1.29, 1.82) is 0 Å². The molecule has 29 heavy (non-hydrogen) atoms. The second-order valence-corrected chi connectivity index (χ2v) is 7.89. The molecule has 2 N–H and O–H groups in total. The smallest absolute Gasteiger partial charge is 0.294 e. The average Bonchev–Trinajstić information content (AvgIpc) is 2.97. The van der Waals surface area contributed by atoms with Crippen LogP contribution in [0.3, 0.4) is 0 Å². The van der Waals surface area contributed by atoms with Gasteiger partial charge in [0.05, 0.1) is 17.6 Å². The summed E-state index contributed by atoms with van der Waals surface area (Å²) in [7, 11) is 0. The van der Waals surface area contributed by atoms with Crippen LogP contribution >= 0.6 is 23.4 Å².